The number of nitrogens with zero attached hydrogens (tertiary/aromatic N) is 1. The topological polar surface area (TPSA) is 82.7 Å². The lowest BCUT2D eigenvalue weighted by molar-refractivity contribution is -0.122. The van der Waals surface area contributed by atoms with Gasteiger partial charge in [0.25, 0.3) is 5.91 Å². The number of benzene rings is 1. The molecule has 1 aromatic carbocycles. The van der Waals surface area contributed by atoms with Crippen molar-refractivity contribution in [2.24, 2.45) is 0 Å². The summed E-state index contributed by atoms with van der Waals surface area (Å²) in [5.41, 5.74) is 1.62. The third kappa shape index (κ3) is 8.88. The second-order valence-electron chi connectivity index (χ2n) is 7.21. The highest BCUT2D eigenvalue weighted by Gasteiger charge is 2.16. The van der Waals surface area contributed by atoms with Crippen molar-refractivity contribution in [3.63, 3.8) is 0 Å². The summed E-state index contributed by atoms with van der Waals surface area (Å²) in [6.07, 6.45) is 2.94. The number of amides is 2. The highest BCUT2D eigenvalue weighted by atomic mass is 35.5. The zero-order valence-electron chi connectivity index (χ0n) is 16.7. The highest BCUT2D eigenvalue weighted by molar-refractivity contribution is 5.94. The Kier molecular flexibility index (Phi) is 12.2. The molecule has 29 heavy (non-hydrogen) atoms. The number of ether oxygens (including phenoxy) is 1. The van der Waals surface area contributed by atoms with Crippen molar-refractivity contribution >= 4 is 36.6 Å². The van der Waals surface area contributed by atoms with Gasteiger partial charge in [-0.25, -0.2) is 0 Å². The first-order valence-corrected chi connectivity index (χ1v) is 9.88. The molecule has 2 fully saturated rings. The molecule has 9 heteroatoms. The first kappa shape index (κ1) is 25.7. The molecule has 2 amide bonds. The molecule has 164 valence electrons. The molecular formula is C20H32Cl2N4O3. The monoisotopic (exact) mass is 446 g/mol. The van der Waals surface area contributed by atoms with Crippen LogP contribution in [0.25, 0.3) is 0 Å². The standard InChI is InChI=1S/C20H30N4O3.2ClH/c25-19(13-18-15-27-12-8-21-18)23-14-16-3-5-17(6-4-16)20(26)22-7-11-24-9-1-2-10-24;;/h3-6,18,21H,1-2,7-15H2,(H,22,26)(H,23,25);2*1H. The van der Waals surface area contributed by atoms with E-state index in [4.69, 9.17) is 4.74 Å². The van der Waals surface area contributed by atoms with Gasteiger partial charge in [0.05, 0.1) is 13.2 Å². The zero-order valence-corrected chi connectivity index (χ0v) is 18.3. The molecule has 2 aliphatic heterocycles. The maximum atomic E-state index is 12.2. The van der Waals surface area contributed by atoms with Crippen molar-refractivity contribution in [2.75, 3.05) is 45.9 Å². The van der Waals surface area contributed by atoms with E-state index in [1.165, 1.54) is 12.8 Å². The van der Waals surface area contributed by atoms with E-state index in [0.717, 1.165) is 31.7 Å². The number of hydrogen-bond acceptors (Lipinski definition) is 5. The summed E-state index contributed by atoms with van der Waals surface area (Å²) in [6.45, 7) is 6.40. The van der Waals surface area contributed by atoms with Crippen LogP contribution in [0.3, 0.4) is 0 Å². The van der Waals surface area contributed by atoms with Gasteiger partial charge in [-0.05, 0) is 43.6 Å². The Morgan fingerprint density at radius 2 is 1.83 bits per heavy atom. The number of morpholine rings is 1. The molecule has 0 aliphatic carbocycles. The largest absolute Gasteiger partial charge is 0.378 e. The second kappa shape index (κ2) is 13.8. The summed E-state index contributed by atoms with van der Waals surface area (Å²) in [5.74, 6) is -0.0464. The van der Waals surface area contributed by atoms with Gasteiger partial charge < -0.3 is 25.6 Å². The normalized spacial score (nSPS) is 19.0. The van der Waals surface area contributed by atoms with Crippen molar-refractivity contribution in [1.29, 1.82) is 0 Å². The molecule has 3 rings (SSSR count). The number of hydrogen-bond donors (Lipinski definition) is 3. The number of rotatable bonds is 8. The van der Waals surface area contributed by atoms with Gasteiger partial charge >= 0.3 is 0 Å². The molecule has 0 bridgehead atoms. The zero-order chi connectivity index (χ0) is 18.9. The first-order valence-electron chi connectivity index (χ1n) is 9.88. The van der Waals surface area contributed by atoms with Gasteiger partial charge in [-0.15, -0.1) is 24.8 Å². The summed E-state index contributed by atoms with van der Waals surface area (Å²) in [7, 11) is 0. The quantitative estimate of drug-likeness (QED) is 0.561. The molecule has 2 saturated heterocycles. The third-order valence-electron chi connectivity index (χ3n) is 5.05. The van der Waals surface area contributed by atoms with Crippen LogP contribution in [0.2, 0.25) is 0 Å². The van der Waals surface area contributed by atoms with Crippen molar-refractivity contribution in [2.45, 2.75) is 31.8 Å². The SMILES string of the molecule is Cl.Cl.O=C(CC1COCCN1)NCc1ccc(C(=O)NCCN2CCCC2)cc1. The second-order valence-corrected chi connectivity index (χ2v) is 7.21. The van der Waals surface area contributed by atoms with Crippen LogP contribution in [0, 0.1) is 0 Å². The maximum absolute atomic E-state index is 12.2. The van der Waals surface area contributed by atoms with Crippen LogP contribution in [-0.4, -0.2) is 68.7 Å². The summed E-state index contributed by atoms with van der Waals surface area (Å²) in [5, 5.41) is 9.16. The number of halogens is 2. The van der Waals surface area contributed by atoms with Crippen LogP contribution < -0.4 is 16.0 Å². The molecule has 1 atom stereocenters. The third-order valence-corrected chi connectivity index (χ3v) is 5.05. The fourth-order valence-electron chi connectivity index (χ4n) is 3.46. The van der Waals surface area contributed by atoms with Gasteiger partial charge in [0.15, 0.2) is 0 Å². The lowest BCUT2D eigenvalue weighted by atomic mass is 10.1. The maximum Gasteiger partial charge on any atom is 0.251 e. The Balaban J connectivity index is 0.00000210. The number of carbonyl (C=O) groups is 2. The van der Waals surface area contributed by atoms with Gasteiger partial charge in [0.2, 0.25) is 5.91 Å². The van der Waals surface area contributed by atoms with E-state index in [2.05, 4.69) is 20.9 Å². The molecule has 0 spiro atoms. The summed E-state index contributed by atoms with van der Waals surface area (Å²) >= 11 is 0. The smallest absolute Gasteiger partial charge is 0.251 e. The van der Waals surface area contributed by atoms with Crippen LogP contribution in [0.5, 0.6) is 0 Å². The number of carbonyl (C=O) groups excluding carboxylic acids is 2. The molecular weight excluding hydrogens is 415 g/mol. The van der Waals surface area contributed by atoms with Crippen LogP contribution >= 0.6 is 24.8 Å². The Bertz CT molecular complexity index is 619. The van der Waals surface area contributed by atoms with Crippen molar-refractivity contribution in [3.8, 4) is 0 Å². The van der Waals surface area contributed by atoms with Gasteiger partial charge in [0.1, 0.15) is 0 Å². The minimum atomic E-state index is -0.0480. The fraction of sp³-hybridized carbons (Fsp3) is 0.600. The molecule has 2 aliphatic rings. The van der Waals surface area contributed by atoms with E-state index in [9.17, 15) is 9.59 Å². The summed E-state index contributed by atoms with van der Waals surface area (Å²) in [6, 6.07) is 7.48. The summed E-state index contributed by atoms with van der Waals surface area (Å²) < 4.78 is 5.36. The van der Waals surface area contributed by atoms with Crippen LogP contribution in [0.4, 0.5) is 0 Å². The highest BCUT2D eigenvalue weighted by Crippen LogP contribution is 2.07. The Hall–Kier alpha value is -1.38. The predicted molar refractivity (Wildman–Crippen MR) is 118 cm³/mol. The van der Waals surface area contributed by atoms with E-state index in [1.807, 2.05) is 24.3 Å². The molecule has 1 aromatic rings. The van der Waals surface area contributed by atoms with E-state index in [-0.39, 0.29) is 42.7 Å². The van der Waals surface area contributed by atoms with E-state index in [0.29, 0.717) is 38.3 Å². The van der Waals surface area contributed by atoms with Crippen molar-refractivity contribution < 1.29 is 14.3 Å². The molecule has 0 aromatic heterocycles. The van der Waals surface area contributed by atoms with Gasteiger partial charge in [0, 0.05) is 44.2 Å². The minimum absolute atomic E-state index is 0. The predicted octanol–water partition coefficient (Wildman–Crippen LogP) is 1.35. The van der Waals surface area contributed by atoms with Crippen molar-refractivity contribution in [1.82, 2.24) is 20.9 Å². The Labute approximate surface area is 185 Å². The summed E-state index contributed by atoms with van der Waals surface area (Å²) in [4.78, 5) is 26.6. The lowest BCUT2D eigenvalue weighted by Gasteiger charge is -2.23. The van der Waals surface area contributed by atoms with Gasteiger partial charge in [-0.2, -0.15) is 0 Å². The average molecular weight is 447 g/mol. The fourth-order valence-corrected chi connectivity index (χ4v) is 3.46. The number of likely N-dealkylation sites (tertiary alicyclic amines) is 1. The molecule has 0 saturated carbocycles. The molecule has 3 N–H and O–H groups in total. The van der Waals surface area contributed by atoms with Crippen LogP contribution in [0.1, 0.15) is 35.2 Å². The Morgan fingerprint density at radius 1 is 1.10 bits per heavy atom. The van der Waals surface area contributed by atoms with Crippen molar-refractivity contribution in [3.05, 3.63) is 35.4 Å². The lowest BCUT2D eigenvalue weighted by Crippen LogP contribution is -2.44. The average Bonchev–Trinajstić information content (AvgIpc) is 3.21. The first-order chi connectivity index (χ1) is 13.2. The Morgan fingerprint density at radius 3 is 2.48 bits per heavy atom. The molecule has 1 unspecified atom stereocenters. The molecule has 0 radical (unpaired) electrons. The molecule has 7 nitrogen and oxygen atoms in total. The minimum Gasteiger partial charge on any atom is -0.378 e. The van der Waals surface area contributed by atoms with Gasteiger partial charge in [-0.1, -0.05) is 12.1 Å². The van der Waals surface area contributed by atoms with E-state index >= 15 is 0 Å². The van der Waals surface area contributed by atoms with E-state index in [1.54, 1.807) is 0 Å². The van der Waals surface area contributed by atoms with E-state index < -0.39 is 0 Å². The molecule has 2 heterocycles. The van der Waals surface area contributed by atoms with Gasteiger partial charge in [-0.3, -0.25) is 9.59 Å². The van der Waals surface area contributed by atoms with Crippen LogP contribution in [0.15, 0.2) is 24.3 Å². The number of nitrogens with one attached hydrogen (secondary N) is 3. The van der Waals surface area contributed by atoms with Crippen LogP contribution in [-0.2, 0) is 16.1 Å².